The summed E-state index contributed by atoms with van der Waals surface area (Å²) in [5, 5.41) is 2.04. The maximum Gasteiger partial charge on any atom is 0.257 e. The van der Waals surface area contributed by atoms with Gasteiger partial charge in [-0.05, 0) is 71.3 Å². The number of fused-ring (bicyclic) bond motifs is 1. The van der Waals surface area contributed by atoms with Gasteiger partial charge in [0.05, 0.1) is 24.4 Å². The van der Waals surface area contributed by atoms with Crippen LogP contribution in [0.3, 0.4) is 0 Å². The second kappa shape index (κ2) is 11.9. The third kappa shape index (κ3) is 6.06. The number of ether oxygens (including phenoxy) is 1. The molecule has 1 atom stereocenters. The van der Waals surface area contributed by atoms with Crippen molar-refractivity contribution >= 4 is 23.2 Å². The number of thiophene rings is 1. The van der Waals surface area contributed by atoms with Gasteiger partial charge in [0.2, 0.25) is 5.91 Å². The van der Waals surface area contributed by atoms with Gasteiger partial charge < -0.3 is 19.0 Å². The normalized spacial score (nSPS) is 14.8. The molecule has 8 heteroatoms. The first kappa shape index (κ1) is 26.7. The zero-order valence-corrected chi connectivity index (χ0v) is 22.8. The number of halogens is 1. The van der Waals surface area contributed by atoms with Crippen LogP contribution < -0.4 is 4.74 Å². The lowest BCUT2D eigenvalue weighted by Gasteiger charge is -2.37. The Kier molecular flexibility index (Phi) is 8.12. The van der Waals surface area contributed by atoms with Gasteiger partial charge in [0.25, 0.3) is 5.91 Å². The van der Waals surface area contributed by atoms with Crippen LogP contribution in [0.1, 0.15) is 57.9 Å². The van der Waals surface area contributed by atoms with Crippen LogP contribution in [0, 0.1) is 5.82 Å². The van der Waals surface area contributed by atoms with Crippen molar-refractivity contribution in [3.63, 3.8) is 0 Å². The zero-order valence-electron chi connectivity index (χ0n) is 22.0. The summed E-state index contributed by atoms with van der Waals surface area (Å²) in [7, 11) is 0. The fraction of sp³-hybridized carbons (Fsp3) is 0.290. The predicted molar refractivity (Wildman–Crippen MR) is 148 cm³/mol. The Labute approximate surface area is 231 Å². The molecule has 0 N–H and O–H groups in total. The molecule has 0 fully saturated rings. The molecule has 2 aromatic carbocycles. The molecule has 0 radical (unpaired) electrons. The van der Waals surface area contributed by atoms with E-state index in [1.165, 1.54) is 39.8 Å². The van der Waals surface area contributed by atoms with Gasteiger partial charge >= 0.3 is 0 Å². The summed E-state index contributed by atoms with van der Waals surface area (Å²) in [5.74, 6) is 0.250. The summed E-state index contributed by atoms with van der Waals surface area (Å²) in [6.45, 7) is 4.92. The highest BCUT2D eigenvalue weighted by molar-refractivity contribution is 7.10. The van der Waals surface area contributed by atoms with Crippen LogP contribution in [0.5, 0.6) is 5.75 Å². The van der Waals surface area contributed by atoms with Crippen LogP contribution in [-0.4, -0.2) is 41.3 Å². The van der Waals surface area contributed by atoms with Gasteiger partial charge in [-0.2, -0.15) is 0 Å². The van der Waals surface area contributed by atoms with E-state index in [4.69, 9.17) is 9.15 Å². The summed E-state index contributed by atoms with van der Waals surface area (Å²) in [5.41, 5.74) is 2.21. The van der Waals surface area contributed by atoms with E-state index in [-0.39, 0.29) is 37.2 Å². The van der Waals surface area contributed by atoms with Crippen LogP contribution >= 0.6 is 11.3 Å². The number of benzene rings is 2. The topological polar surface area (TPSA) is 63.0 Å². The molecule has 5 rings (SSSR count). The molecule has 0 saturated carbocycles. The summed E-state index contributed by atoms with van der Waals surface area (Å²) in [4.78, 5) is 31.5. The molecule has 1 aliphatic heterocycles. The van der Waals surface area contributed by atoms with Crippen molar-refractivity contribution in [1.82, 2.24) is 9.80 Å². The smallest absolute Gasteiger partial charge is 0.257 e. The van der Waals surface area contributed by atoms with Crippen molar-refractivity contribution in [1.29, 1.82) is 0 Å². The number of nitrogens with zero attached hydrogens (tertiary/aromatic N) is 2. The van der Waals surface area contributed by atoms with E-state index >= 15 is 0 Å². The van der Waals surface area contributed by atoms with E-state index in [1.54, 1.807) is 34.4 Å². The first-order chi connectivity index (χ1) is 18.9. The fourth-order valence-electron chi connectivity index (χ4n) is 4.85. The Balaban J connectivity index is 1.36. The van der Waals surface area contributed by atoms with Gasteiger partial charge in [0.15, 0.2) is 0 Å². The highest BCUT2D eigenvalue weighted by atomic mass is 32.1. The molecule has 0 bridgehead atoms. The Morgan fingerprint density at radius 3 is 2.62 bits per heavy atom. The van der Waals surface area contributed by atoms with Crippen molar-refractivity contribution < 1.29 is 23.1 Å². The second-order valence-electron chi connectivity index (χ2n) is 9.91. The molecule has 1 aliphatic rings. The number of furan rings is 1. The average molecular weight is 547 g/mol. The minimum atomic E-state index is -0.630. The Morgan fingerprint density at radius 2 is 1.90 bits per heavy atom. The van der Waals surface area contributed by atoms with Crippen LogP contribution in [-0.2, 0) is 17.8 Å². The molecule has 0 spiro atoms. The van der Waals surface area contributed by atoms with Gasteiger partial charge in [-0.25, -0.2) is 4.39 Å². The quantitative estimate of drug-likeness (QED) is 0.242. The van der Waals surface area contributed by atoms with Gasteiger partial charge in [0.1, 0.15) is 30.5 Å². The SMILES string of the molecule is CC(C)c1ccc(OC[C@@H]2c3ccsc3CCN2C(=O)CN(Cc2ccco2)C(=O)c2ccccc2F)cc1. The number of amides is 2. The molecular formula is C31H31FN2O4S. The van der Waals surface area contributed by atoms with E-state index < -0.39 is 11.7 Å². The number of carbonyl (C=O) groups is 2. The molecule has 0 unspecified atom stereocenters. The molecule has 2 aromatic heterocycles. The fourth-order valence-corrected chi connectivity index (χ4v) is 5.78. The molecule has 6 nitrogen and oxygen atoms in total. The van der Waals surface area contributed by atoms with Crippen molar-refractivity contribution in [2.24, 2.45) is 0 Å². The first-order valence-electron chi connectivity index (χ1n) is 13.1. The van der Waals surface area contributed by atoms with Crippen molar-refractivity contribution in [2.75, 3.05) is 19.7 Å². The summed E-state index contributed by atoms with van der Waals surface area (Å²) < 4.78 is 26.1. The van der Waals surface area contributed by atoms with Crippen molar-refractivity contribution in [3.05, 3.63) is 112 Å². The Bertz CT molecular complexity index is 1410. The Hall–Kier alpha value is -3.91. The number of hydrogen-bond acceptors (Lipinski definition) is 5. The molecule has 0 aliphatic carbocycles. The van der Waals surface area contributed by atoms with Gasteiger partial charge in [0, 0.05) is 11.4 Å². The van der Waals surface area contributed by atoms with Crippen LogP contribution in [0.25, 0.3) is 0 Å². The highest BCUT2D eigenvalue weighted by Crippen LogP contribution is 2.34. The average Bonchev–Trinajstić information content (AvgIpc) is 3.64. The Morgan fingerprint density at radius 1 is 1.10 bits per heavy atom. The lowest BCUT2D eigenvalue weighted by atomic mass is 10.00. The van der Waals surface area contributed by atoms with E-state index in [0.29, 0.717) is 18.2 Å². The van der Waals surface area contributed by atoms with Crippen LogP contribution in [0.15, 0.2) is 82.8 Å². The van der Waals surface area contributed by atoms with E-state index in [9.17, 15) is 14.0 Å². The highest BCUT2D eigenvalue weighted by Gasteiger charge is 2.34. The molecular weight excluding hydrogens is 515 g/mol. The minimum absolute atomic E-state index is 0.0484. The predicted octanol–water partition coefficient (Wildman–Crippen LogP) is 6.45. The number of carbonyl (C=O) groups excluding carboxylic acids is 2. The molecule has 202 valence electrons. The maximum atomic E-state index is 14.5. The van der Waals surface area contributed by atoms with Crippen molar-refractivity contribution in [3.8, 4) is 5.75 Å². The van der Waals surface area contributed by atoms with E-state index in [0.717, 1.165) is 17.7 Å². The van der Waals surface area contributed by atoms with E-state index in [1.807, 2.05) is 23.6 Å². The number of hydrogen-bond donors (Lipinski definition) is 0. The molecule has 4 aromatic rings. The zero-order chi connectivity index (χ0) is 27.4. The molecule has 3 heterocycles. The standard InChI is InChI=1S/C31H31FN2O4S/c1-21(2)22-9-11-23(12-10-22)38-20-28-26-14-17-39-29(26)13-15-34(28)30(35)19-33(18-24-6-5-16-37-24)31(36)25-7-3-4-8-27(25)32/h3-12,14,16-17,21,28H,13,15,18-20H2,1-2H3/t28-/m1/s1. The molecule has 2 amide bonds. The monoisotopic (exact) mass is 546 g/mol. The van der Waals surface area contributed by atoms with Gasteiger partial charge in [-0.15, -0.1) is 11.3 Å². The van der Waals surface area contributed by atoms with Crippen molar-refractivity contribution in [2.45, 2.75) is 38.8 Å². The summed E-state index contributed by atoms with van der Waals surface area (Å²) in [6.07, 6.45) is 2.24. The third-order valence-corrected chi connectivity index (χ3v) is 8.01. The molecule has 39 heavy (non-hydrogen) atoms. The molecule has 0 saturated heterocycles. The van der Waals surface area contributed by atoms with Gasteiger partial charge in [-0.1, -0.05) is 38.1 Å². The van der Waals surface area contributed by atoms with Crippen LogP contribution in [0.4, 0.5) is 4.39 Å². The van der Waals surface area contributed by atoms with Gasteiger partial charge in [-0.3, -0.25) is 9.59 Å². The second-order valence-corrected chi connectivity index (χ2v) is 10.9. The number of rotatable bonds is 9. The summed E-state index contributed by atoms with van der Waals surface area (Å²) >= 11 is 1.68. The first-order valence-corrected chi connectivity index (χ1v) is 13.9. The van der Waals surface area contributed by atoms with E-state index in [2.05, 4.69) is 26.0 Å². The van der Waals surface area contributed by atoms with Crippen LogP contribution in [0.2, 0.25) is 0 Å². The summed E-state index contributed by atoms with van der Waals surface area (Å²) in [6, 6.07) is 19.0. The third-order valence-electron chi connectivity index (χ3n) is 7.01. The lowest BCUT2D eigenvalue weighted by molar-refractivity contribution is -0.135. The largest absolute Gasteiger partial charge is 0.491 e. The lowest BCUT2D eigenvalue weighted by Crippen LogP contribution is -2.47. The minimum Gasteiger partial charge on any atom is -0.491 e. The maximum absolute atomic E-state index is 14.5.